The van der Waals surface area contributed by atoms with Crippen LogP contribution in [0.4, 0.5) is 0 Å². The SMILES string of the molecule is CN(C)C(=O)CN=C(NCCc1ccc(Cl)nc1)NCC1CCCCO1. The first kappa shape index (κ1) is 20.5. The molecular formula is C18H28ClN5O2. The summed E-state index contributed by atoms with van der Waals surface area (Å²) in [4.78, 5) is 21.8. The summed E-state index contributed by atoms with van der Waals surface area (Å²) >= 11 is 5.80. The molecule has 8 heteroatoms. The molecule has 7 nitrogen and oxygen atoms in total. The maximum atomic E-state index is 11.8. The fourth-order valence-corrected chi connectivity index (χ4v) is 2.63. The Labute approximate surface area is 160 Å². The number of guanidine groups is 1. The van der Waals surface area contributed by atoms with E-state index in [2.05, 4.69) is 20.6 Å². The van der Waals surface area contributed by atoms with E-state index in [-0.39, 0.29) is 18.6 Å². The fraction of sp³-hybridized carbons (Fsp3) is 0.611. The smallest absolute Gasteiger partial charge is 0.243 e. The number of halogens is 1. The van der Waals surface area contributed by atoms with Gasteiger partial charge in [-0.05, 0) is 37.3 Å². The van der Waals surface area contributed by atoms with Gasteiger partial charge in [0.25, 0.3) is 0 Å². The Bertz CT molecular complexity index is 586. The molecular weight excluding hydrogens is 354 g/mol. The second kappa shape index (κ2) is 11.0. The minimum Gasteiger partial charge on any atom is -0.376 e. The largest absolute Gasteiger partial charge is 0.376 e. The summed E-state index contributed by atoms with van der Waals surface area (Å²) in [5.74, 6) is 0.582. The number of nitrogens with one attached hydrogen (secondary N) is 2. The molecule has 0 saturated carbocycles. The number of likely N-dealkylation sites (N-methyl/N-ethyl adjacent to an activating group) is 1. The Balaban J connectivity index is 1.84. The second-order valence-corrected chi connectivity index (χ2v) is 6.88. The van der Waals surface area contributed by atoms with Crippen LogP contribution in [0.25, 0.3) is 0 Å². The zero-order chi connectivity index (χ0) is 18.8. The number of carbonyl (C=O) groups is 1. The summed E-state index contributed by atoms with van der Waals surface area (Å²) in [6.45, 7) is 2.28. The van der Waals surface area contributed by atoms with Gasteiger partial charge in [-0.25, -0.2) is 9.98 Å². The van der Waals surface area contributed by atoms with Crippen molar-refractivity contribution in [2.75, 3.05) is 40.3 Å². The van der Waals surface area contributed by atoms with Crippen LogP contribution >= 0.6 is 11.6 Å². The molecule has 1 aromatic heterocycles. The van der Waals surface area contributed by atoms with Gasteiger partial charge < -0.3 is 20.3 Å². The first-order chi connectivity index (χ1) is 12.5. The van der Waals surface area contributed by atoms with Crippen molar-refractivity contribution in [3.8, 4) is 0 Å². The zero-order valence-corrected chi connectivity index (χ0v) is 16.3. The third-order valence-corrected chi connectivity index (χ3v) is 4.36. The first-order valence-corrected chi connectivity index (χ1v) is 9.37. The van der Waals surface area contributed by atoms with E-state index >= 15 is 0 Å². The highest BCUT2D eigenvalue weighted by atomic mass is 35.5. The highest BCUT2D eigenvalue weighted by Gasteiger charge is 2.14. The number of aliphatic imine (C=N–C) groups is 1. The summed E-state index contributed by atoms with van der Waals surface area (Å²) in [5, 5.41) is 7.04. The highest BCUT2D eigenvalue weighted by Crippen LogP contribution is 2.11. The molecule has 0 spiro atoms. The standard InChI is InChI=1S/C18H28ClN5O2/c1-24(2)17(25)13-23-18(22-12-15-5-3-4-10-26-15)20-9-8-14-6-7-16(19)21-11-14/h6-7,11,15H,3-5,8-10,12-13H2,1-2H3,(H2,20,22,23). The van der Waals surface area contributed by atoms with E-state index in [1.54, 1.807) is 26.4 Å². The van der Waals surface area contributed by atoms with Gasteiger partial charge in [-0.3, -0.25) is 4.79 Å². The van der Waals surface area contributed by atoms with E-state index in [9.17, 15) is 4.79 Å². The number of carbonyl (C=O) groups excluding carboxylic acids is 1. The number of hydrogen-bond donors (Lipinski definition) is 2. The molecule has 1 aliphatic rings. The van der Waals surface area contributed by atoms with Crippen molar-refractivity contribution in [2.45, 2.75) is 31.8 Å². The van der Waals surface area contributed by atoms with Crippen LogP contribution in [-0.4, -0.2) is 68.2 Å². The molecule has 2 N–H and O–H groups in total. The van der Waals surface area contributed by atoms with Gasteiger partial charge in [0.15, 0.2) is 5.96 Å². The van der Waals surface area contributed by atoms with Crippen LogP contribution in [0.5, 0.6) is 0 Å². The molecule has 2 heterocycles. The van der Waals surface area contributed by atoms with Gasteiger partial charge in [0.1, 0.15) is 11.7 Å². The predicted molar refractivity (Wildman–Crippen MR) is 104 cm³/mol. The minimum atomic E-state index is -0.0399. The lowest BCUT2D eigenvalue weighted by atomic mass is 10.1. The molecule has 0 bridgehead atoms. The number of ether oxygens (including phenoxy) is 1. The molecule has 144 valence electrons. The van der Waals surface area contributed by atoms with Crippen molar-refractivity contribution in [3.05, 3.63) is 29.0 Å². The summed E-state index contributed by atoms with van der Waals surface area (Å²) in [6, 6.07) is 3.73. The highest BCUT2D eigenvalue weighted by molar-refractivity contribution is 6.29. The molecule has 1 amide bonds. The van der Waals surface area contributed by atoms with Crippen molar-refractivity contribution in [1.29, 1.82) is 0 Å². The van der Waals surface area contributed by atoms with Gasteiger partial charge in [0, 0.05) is 40.0 Å². The Morgan fingerprint density at radius 3 is 2.88 bits per heavy atom. The zero-order valence-electron chi connectivity index (χ0n) is 15.5. The number of amides is 1. The molecule has 1 atom stereocenters. The van der Waals surface area contributed by atoms with Crippen LogP contribution < -0.4 is 10.6 Å². The molecule has 1 aliphatic heterocycles. The third-order valence-electron chi connectivity index (χ3n) is 4.14. The lowest BCUT2D eigenvalue weighted by molar-refractivity contribution is -0.127. The van der Waals surface area contributed by atoms with Crippen molar-refractivity contribution in [2.24, 2.45) is 4.99 Å². The molecule has 0 aromatic carbocycles. The second-order valence-electron chi connectivity index (χ2n) is 6.49. The van der Waals surface area contributed by atoms with E-state index in [0.29, 0.717) is 24.2 Å². The fourth-order valence-electron chi connectivity index (χ4n) is 2.52. The van der Waals surface area contributed by atoms with E-state index in [1.807, 2.05) is 6.07 Å². The lowest BCUT2D eigenvalue weighted by Gasteiger charge is -2.24. The van der Waals surface area contributed by atoms with Crippen LogP contribution in [0.1, 0.15) is 24.8 Å². The van der Waals surface area contributed by atoms with Crippen LogP contribution in [0.2, 0.25) is 5.15 Å². The minimum absolute atomic E-state index is 0.0399. The van der Waals surface area contributed by atoms with Gasteiger partial charge in [-0.15, -0.1) is 0 Å². The van der Waals surface area contributed by atoms with E-state index in [1.165, 1.54) is 11.3 Å². The Kier molecular flexibility index (Phi) is 8.64. The average molecular weight is 382 g/mol. The number of aromatic nitrogens is 1. The molecule has 2 rings (SSSR count). The van der Waals surface area contributed by atoms with Crippen molar-refractivity contribution in [1.82, 2.24) is 20.5 Å². The summed E-state index contributed by atoms with van der Waals surface area (Å²) in [6.07, 6.45) is 6.11. The quantitative estimate of drug-likeness (QED) is 0.425. The summed E-state index contributed by atoms with van der Waals surface area (Å²) in [5.41, 5.74) is 1.08. The van der Waals surface area contributed by atoms with Crippen LogP contribution in [-0.2, 0) is 16.0 Å². The number of rotatable bonds is 7. The van der Waals surface area contributed by atoms with Gasteiger partial charge >= 0.3 is 0 Å². The van der Waals surface area contributed by atoms with E-state index < -0.39 is 0 Å². The van der Waals surface area contributed by atoms with Gasteiger partial charge in [0.2, 0.25) is 5.91 Å². The van der Waals surface area contributed by atoms with Crippen LogP contribution in [0.15, 0.2) is 23.3 Å². The maximum absolute atomic E-state index is 11.8. The normalized spacial score (nSPS) is 17.7. The molecule has 1 fully saturated rings. The lowest BCUT2D eigenvalue weighted by Crippen LogP contribution is -2.43. The number of hydrogen-bond acceptors (Lipinski definition) is 4. The molecule has 26 heavy (non-hydrogen) atoms. The Hall–Kier alpha value is -1.86. The van der Waals surface area contributed by atoms with Crippen LogP contribution in [0, 0.1) is 0 Å². The van der Waals surface area contributed by atoms with Crippen LogP contribution in [0.3, 0.4) is 0 Å². The monoisotopic (exact) mass is 381 g/mol. The van der Waals surface area contributed by atoms with Crippen molar-refractivity contribution in [3.63, 3.8) is 0 Å². The summed E-state index contributed by atoms with van der Waals surface area (Å²) < 4.78 is 5.74. The predicted octanol–water partition coefficient (Wildman–Crippen LogP) is 1.47. The molecule has 0 radical (unpaired) electrons. The van der Waals surface area contributed by atoms with Crippen molar-refractivity contribution >= 4 is 23.5 Å². The Morgan fingerprint density at radius 1 is 1.38 bits per heavy atom. The maximum Gasteiger partial charge on any atom is 0.243 e. The number of nitrogens with zero attached hydrogens (tertiary/aromatic N) is 3. The topological polar surface area (TPSA) is 78.9 Å². The molecule has 0 aliphatic carbocycles. The van der Waals surface area contributed by atoms with E-state index in [4.69, 9.17) is 16.3 Å². The molecule has 1 saturated heterocycles. The third kappa shape index (κ3) is 7.58. The number of pyridine rings is 1. The van der Waals surface area contributed by atoms with Gasteiger partial charge in [-0.2, -0.15) is 0 Å². The van der Waals surface area contributed by atoms with E-state index in [0.717, 1.165) is 31.4 Å². The molecule has 1 aromatic rings. The van der Waals surface area contributed by atoms with Gasteiger partial charge in [0.05, 0.1) is 6.10 Å². The van der Waals surface area contributed by atoms with Crippen molar-refractivity contribution < 1.29 is 9.53 Å². The Morgan fingerprint density at radius 2 is 2.23 bits per heavy atom. The van der Waals surface area contributed by atoms with Gasteiger partial charge in [-0.1, -0.05) is 17.7 Å². The molecule has 1 unspecified atom stereocenters. The summed E-state index contributed by atoms with van der Waals surface area (Å²) in [7, 11) is 3.45. The average Bonchev–Trinajstić information content (AvgIpc) is 2.65. The first-order valence-electron chi connectivity index (χ1n) is 8.99.